The molecule has 1 saturated heterocycles. The normalized spacial score (nSPS) is 18.2. The van der Waals surface area contributed by atoms with Crippen molar-refractivity contribution in [2.75, 3.05) is 20.1 Å². The van der Waals surface area contributed by atoms with Crippen LogP contribution in [0.3, 0.4) is 0 Å². The van der Waals surface area contributed by atoms with Crippen molar-refractivity contribution in [2.45, 2.75) is 32.2 Å². The molecule has 1 unspecified atom stereocenters. The molecule has 0 saturated carbocycles. The molecular formula is C15H23ClN2O. The van der Waals surface area contributed by atoms with Crippen LogP contribution >= 0.6 is 12.4 Å². The summed E-state index contributed by atoms with van der Waals surface area (Å²) in [5, 5.41) is 3.04. The van der Waals surface area contributed by atoms with E-state index < -0.39 is 0 Å². The summed E-state index contributed by atoms with van der Waals surface area (Å²) in [4.78, 5) is 14.2. The molecule has 1 amide bonds. The predicted molar refractivity (Wildman–Crippen MR) is 80.7 cm³/mol. The highest BCUT2D eigenvalue weighted by molar-refractivity contribution is 5.85. The molecule has 0 aromatic heterocycles. The van der Waals surface area contributed by atoms with Crippen molar-refractivity contribution in [1.82, 2.24) is 10.2 Å². The minimum atomic E-state index is 0. The maximum atomic E-state index is 12.2. The maximum absolute atomic E-state index is 12.2. The Morgan fingerprint density at radius 2 is 2.26 bits per heavy atom. The number of aryl methyl sites for hydroxylation is 1. The Morgan fingerprint density at radius 3 is 2.95 bits per heavy atom. The van der Waals surface area contributed by atoms with E-state index in [1.165, 1.54) is 11.1 Å². The van der Waals surface area contributed by atoms with E-state index in [4.69, 9.17) is 0 Å². The van der Waals surface area contributed by atoms with Crippen molar-refractivity contribution >= 4 is 18.3 Å². The van der Waals surface area contributed by atoms with Crippen molar-refractivity contribution in [1.29, 1.82) is 0 Å². The number of halogens is 1. The molecule has 0 spiro atoms. The first-order valence-electron chi connectivity index (χ1n) is 6.73. The molecule has 1 aliphatic rings. The Labute approximate surface area is 121 Å². The zero-order chi connectivity index (χ0) is 13.0. The minimum absolute atomic E-state index is 0. The van der Waals surface area contributed by atoms with Crippen LogP contribution in [-0.2, 0) is 4.79 Å². The molecule has 19 heavy (non-hydrogen) atoms. The van der Waals surface area contributed by atoms with Gasteiger partial charge in [0.05, 0.1) is 6.04 Å². The summed E-state index contributed by atoms with van der Waals surface area (Å²) in [6, 6.07) is 8.81. The third-order valence-corrected chi connectivity index (χ3v) is 3.59. The zero-order valence-corrected chi connectivity index (χ0v) is 12.5. The van der Waals surface area contributed by atoms with Crippen molar-refractivity contribution in [3.05, 3.63) is 35.4 Å². The van der Waals surface area contributed by atoms with E-state index in [9.17, 15) is 4.79 Å². The molecular weight excluding hydrogens is 260 g/mol. The average molecular weight is 283 g/mol. The van der Waals surface area contributed by atoms with Gasteiger partial charge in [-0.3, -0.25) is 4.79 Å². The van der Waals surface area contributed by atoms with Crippen molar-refractivity contribution in [3.63, 3.8) is 0 Å². The van der Waals surface area contributed by atoms with Crippen molar-refractivity contribution in [3.8, 4) is 0 Å². The molecule has 0 bridgehead atoms. The fraction of sp³-hybridized carbons (Fsp3) is 0.533. The van der Waals surface area contributed by atoms with Gasteiger partial charge < -0.3 is 10.2 Å². The minimum Gasteiger partial charge on any atom is -0.336 e. The van der Waals surface area contributed by atoms with Crippen molar-refractivity contribution in [2.24, 2.45) is 0 Å². The second-order valence-corrected chi connectivity index (χ2v) is 5.01. The summed E-state index contributed by atoms with van der Waals surface area (Å²) >= 11 is 0. The van der Waals surface area contributed by atoms with Crippen LogP contribution < -0.4 is 5.32 Å². The summed E-state index contributed by atoms with van der Waals surface area (Å²) in [5.74, 6) is 0.272. The lowest BCUT2D eigenvalue weighted by Crippen LogP contribution is -2.32. The van der Waals surface area contributed by atoms with E-state index in [0.717, 1.165) is 25.9 Å². The van der Waals surface area contributed by atoms with Crippen LogP contribution in [0.25, 0.3) is 0 Å². The zero-order valence-electron chi connectivity index (χ0n) is 11.7. The Bertz CT molecular complexity index is 422. The summed E-state index contributed by atoms with van der Waals surface area (Å²) < 4.78 is 0. The predicted octanol–water partition coefficient (Wildman–Crippen LogP) is 2.69. The topological polar surface area (TPSA) is 32.3 Å². The number of rotatable bonds is 4. The Balaban J connectivity index is 0.00000180. The molecule has 1 N–H and O–H groups in total. The molecule has 4 heteroatoms. The number of benzene rings is 1. The van der Waals surface area contributed by atoms with E-state index in [0.29, 0.717) is 6.42 Å². The van der Waals surface area contributed by atoms with E-state index in [-0.39, 0.29) is 24.4 Å². The molecule has 1 aromatic carbocycles. The Morgan fingerprint density at radius 1 is 1.47 bits per heavy atom. The molecule has 1 aromatic rings. The first-order chi connectivity index (χ1) is 8.72. The largest absolute Gasteiger partial charge is 0.336 e. The first-order valence-corrected chi connectivity index (χ1v) is 6.73. The average Bonchev–Trinajstić information content (AvgIpc) is 2.85. The highest BCUT2D eigenvalue weighted by atomic mass is 35.5. The molecule has 1 heterocycles. The number of hydrogen-bond donors (Lipinski definition) is 1. The lowest BCUT2D eigenvalue weighted by molar-refractivity contribution is -0.132. The highest BCUT2D eigenvalue weighted by Crippen LogP contribution is 2.32. The van der Waals surface area contributed by atoms with Gasteiger partial charge in [-0.1, -0.05) is 29.8 Å². The summed E-state index contributed by atoms with van der Waals surface area (Å²) in [6.07, 6.45) is 2.80. The number of nitrogens with one attached hydrogen (secondary N) is 1. The third kappa shape index (κ3) is 3.95. The highest BCUT2D eigenvalue weighted by Gasteiger charge is 2.29. The van der Waals surface area contributed by atoms with Gasteiger partial charge >= 0.3 is 0 Å². The van der Waals surface area contributed by atoms with Gasteiger partial charge in [-0.2, -0.15) is 0 Å². The molecule has 3 nitrogen and oxygen atoms in total. The van der Waals surface area contributed by atoms with Gasteiger partial charge in [0.25, 0.3) is 0 Å². The van der Waals surface area contributed by atoms with Crippen LogP contribution in [0.15, 0.2) is 24.3 Å². The second kappa shape index (κ2) is 7.51. The Hall–Kier alpha value is -1.06. The maximum Gasteiger partial charge on any atom is 0.224 e. The van der Waals surface area contributed by atoms with Gasteiger partial charge in [-0.25, -0.2) is 0 Å². The molecule has 0 aliphatic carbocycles. The molecule has 1 aliphatic heterocycles. The lowest BCUT2D eigenvalue weighted by Gasteiger charge is -2.25. The number of hydrogen-bond acceptors (Lipinski definition) is 2. The van der Waals surface area contributed by atoms with Gasteiger partial charge in [0.15, 0.2) is 0 Å². The molecule has 2 rings (SSSR count). The van der Waals surface area contributed by atoms with E-state index >= 15 is 0 Å². The first kappa shape index (κ1) is 16.0. The van der Waals surface area contributed by atoms with Crippen LogP contribution in [0.2, 0.25) is 0 Å². The van der Waals surface area contributed by atoms with Gasteiger partial charge in [0.1, 0.15) is 0 Å². The third-order valence-electron chi connectivity index (χ3n) is 3.59. The lowest BCUT2D eigenvalue weighted by atomic mass is 10.0. The SMILES string of the molecule is CNCCC(=O)N1CCCC1c1cccc(C)c1.Cl. The van der Waals surface area contributed by atoms with Crippen LogP contribution in [0.5, 0.6) is 0 Å². The standard InChI is InChI=1S/C15H22N2O.ClH/c1-12-5-3-6-13(11-12)14-7-4-10-17(14)15(18)8-9-16-2;/h3,5-6,11,14,16H,4,7-10H2,1-2H3;1H. The molecule has 0 radical (unpaired) electrons. The number of likely N-dealkylation sites (tertiary alicyclic amines) is 1. The second-order valence-electron chi connectivity index (χ2n) is 5.01. The number of carbonyl (C=O) groups excluding carboxylic acids is 1. The van der Waals surface area contributed by atoms with Crippen molar-refractivity contribution < 1.29 is 4.79 Å². The van der Waals surface area contributed by atoms with Gasteiger partial charge in [-0.05, 0) is 32.4 Å². The van der Waals surface area contributed by atoms with Gasteiger partial charge in [0, 0.05) is 19.5 Å². The van der Waals surface area contributed by atoms with Crippen LogP contribution in [0.4, 0.5) is 0 Å². The number of carbonyl (C=O) groups is 1. The number of nitrogens with zero attached hydrogens (tertiary/aromatic N) is 1. The van der Waals surface area contributed by atoms with Gasteiger partial charge in [0.2, 0.25) is 5.91 Å². The monoisotopic (exact) mass is 282 g/mol. The van der Waals surface area contributed by atoms with E-state index in [1.54, 1.807) is 0 Å². The quantitative estimate of drug-likeness (QED) is 0.921. The van der Waals surface area contributed by atoms with Crippen LogP contribution in [-0.4, -0.2) is 30.9 Å². The fourth-order valence-electron chi connectivity index (χ4n) is 2.66. The molecule has 106 valence electrons. The Kier molecular flexibility index (Phi) is 6.32. The van der Waals surface area contributed by atoms with Gasteiger partial charge in [-0.15, -0.1) is 12.4 Å². The number of amides is 1. The smallest absolute Gasteiger partial charge is 0.224 e. The fourth-order valence-corrected chi connectivity index (χ4v) is 2.66. The van der Waals surface area contributed by atoms with Crippen LogP contribution in [0.1, 0.15) is 36.4 Å². The van der Waals surface area contributed by atoms with Crippen LogP contribution in [0, 0.1) is 6.92 Å². The van der Waals surface area contributed by atoms with E-state index in [2.05, 4.69) is 36.5 Å². The summed E-state index contributed by atoms with van der Waals surface area (Å²) in [7, 11) is 1.88. The molecule has 1 fully saturated rings. The van der Waals surface area contributed by atoms with E-state index in [1.807, 2.05) is 11.9 Å². The molecule has 1 atom stereocenters. The summed E-state index contributed by atoms with van der Waals surface area (Å²) in [5.41, 5.74) is 2.55. The summed E-state index contributed by atoms with van der Waals surface area (Å²) in [6.45, 7) is 3.77.